The molecule has 1 atom stereocenters. The summed E-state index contributed by atoms with van der Waals surface area (Å²) in [6.45, 7) is 4.37. The standard InChI is InChI=1S/C16H19Cl2NO2/c1-10(2)16(21)14(19-7-3-4-15(19)20)8-11-5-6-12(17)9-13(11)18/h5-6,9-10,14H,3-4,7-8H2,1-2H3. The molecule has 0 aromatic heterocycles. The monoisotopic (exact) mass is 327 g/mol. The summed E-state index contributed by atoms with van der Waals surface area (Å²) in [6.07, 6.45) is 1.78. The lowest BCUT2D eigenvalue weighted by Crippen LogP contribution is -2.45. The molecule has 1 aromatic carbocycles. The Balaban J connectivity index is 2.27. The van der Waals surface area contributed by atoms with Gasteiger partial charge in [0, 0.05) is 35.3 Å². The summed E-state index contributed by atoms with van der Waals surface area (Å²) in [4.78, 5) is 26.2. The molecule has 1 fully saturated rings. The highest BCUT2D eigenvalue weighted by Crippen LogP contribution is 2.26. The van der Waals surface area contributed by atoms with E-state index in [0.717, 1.165) is 12.0 Å². The predicted molar refractivity (Wildman–Crippen MR) is 84.7 cm³/mol. The van der Waals surface area contributed by atoms with Gasteiger partial charge in [-0.15, -0.1) is 0 Å². The zero-order valence-corrected chi connectivity index (χ0v) is 13.7. The van der Waals surface area contributed by atoms with Gasteiger partial charge >= 0.3 is 0 Å². The lowest BCUT2D eigenvalue weighted by atomic mass is 9.94. The molecule has 0 aliphatic carbocycles. The molecule has 1 heterocycles. The third-order valence-electron chi connectivity index (χ3n) is 3.81. The zero-order valence-electron chi connectivity index (χ0n) is 12.2. The summed E-state index contributed by atoms with van der Waals surface area (Å²) in [6, 6.07) is 4.82. The maximum Gasteiger partial charge on any atom is 0.223 e. The molecule has 0 spiro atoms. The smallest absolute Gasteiger partial charge is 0.223 e. The second-order valence-electron chi connectivity index (χ2n) is 5.70. The number of halogens is 2. The van der Waals surface area contributed by atoms with Gasteiger partial charge in [0.05, 0.1) is 6.04 Å². The molecule has 0 N–H and O–H groups in total. The first-order valence-electron chi connectivity index (χ1n) is 7.17. The Labute approximate surface area is 135 Å². The third-order valence-corrected chi connectivity index (χ3v) is 4.40. The van der Waals surface area contributed by atoms with E-state index in [9.17, 15) is 9.59 Å². The average molecular weight is 328 g/mol. The number of benzene rings is 1. The lowest BCUT2D eigenvalue weighted by molar-refractivity contribution is -0.137. The summed E-state index contributed by atoms with van der Waals surface area (Å²) < 4.78 is 0. The Morgan fingerprint density at radius 1 is 1.33 bits per heavy atom. The number of ketones is 1. The van der Waals surface area contributed by atoms with Crippen molar-refractivity contribution in [2.24, 2.45) is 5.92 Å². The van der Waals surface area contributed by atoms with E-state index in [4.69, 9.17) is 23.2 Å². The second-order valence-corrected chi connectivity index (χ2v) is 6.55. The van der Waals surface area contributed by atoms with E-state index in [2.05, 4.69) is 0 Å². The summed E-state index contributed by atoms with van der Waals surface area (Å²) in [5, 5.41) is 1.10. The first-order chi connectivity index (χ1) is 9.90. The van der Waals surface area contributed by atoms with Gasteiger partial charge in [0.25, 0.3) is 0 Å². The van der Waals surface area contributed by atoms with Crippen molar-refractivity contribution in [3.05, 3.63) is 33.8 Å². The largest absolute Gasteiger partial charge is 0.332 e. The van der Waals surface area contributed by atoms with Crippen LogP contribution in [-0.2, 0) is 16.0 Å². The highest BCUT2D eigenvalue weighted by Gasteiger charge is 2.34. The normalized spacial score (nSPS) is 16.6. The lowest BCUT2D eigenvalue weighted by Gasteiger charge is -2.28. The first-order valence-corrected chi connectivity index (χ1v) is 7.93. The molecule has 5 heteroatoms. The quantitative estimate of drug-likeness (QED) is 0.825. The molecule has 1 unspecified atom stereocenters. The van der Waals surface area contributed by atoms with Crippen LogP contribution in [0.15, 0.2) is 18.2 Å². The van der Waals surface area contributed by atoms with Crippen LogP contribution in [0.5, 0.6) is 0 Å². The minimum Gasteiger partial charge on any atom is -0.332 e. The zero-order chi connectivity index (χ0) is 15.6. The SMILES string of the molecule is CC(C)C(=O)C(Cc1ccc(Cl)cc1Cl)N1CCCC1=O. The number of hydrogen-bond donors (Lipinski definition) is 0. The molecule has 2 rings (SSSR count). The fraction of sp³-hybridized carbons (Fsp3) is 0.500. The van der Waals surface area contributed by atoms with Gasteiger partial charge in [-0.2, -0.15) is 0 Å². The van der Waals surface area contributed by atoms with E-state index >= 15 is 0 Å². The van der Waals surface area contributed by atoms with E-state index in [0.29, 0.717) is 29.4 Å². The minimum atomic E-state index is -0.432. The van der Waals surface area contributed by atoms with Crippen LogP contribution in [0.1, 0.15) is 32.3 Å². The molecule has 0 bridgehead atoms. The Morgan fingerprint density at radius 3 is 2.57 bits per heavy atom. The summed E-state index contributed by atoms with van der Waals surface area (Å²) >= 11 is 12.1. The highest BCUT2D eigenvalue weighted by atomic mass is 35.5. The fourth-order valence-corrected chi connectivity index (χ4v) is 3.13. The Morgan fingerprint density at radius 2 is 2.05 bits per heavy atom. The van der Waals surface area contributed by atoms with Gasteiger partial charge < -0.3 is 4.90 Å². The number of nitrogens with zero attached hydrogens (tertiary/aromatic N) is 1. The number of carbonyl (C=O) groups is 2. The minimum absolute atomic E-state index is 0.0547. The van der Waals surface area contributed by atoms with Crippen LogP contribution in [0.3, 0.4) is 0 Å². The van der Waals surface area contributed by atoms with Crippen LogP contribution in [0, 0.1) is 5.92 Å². The van der Waals surface area contributed by atoms with Crippen LogP contribution in [0.25, 0.3) is 0 Å². The molecule has 1 amide bonds. The van der Waals surface area contributed by atoms with Gasteiger partial charge in [-0.05, 0) is 24.1 Å². The van der Waals surface area contributed by atoms with E-state index in [1.54, 1.807) is 17.0 Å². The second kappa shape index (κ2) is 6.80. The van der Waals surface area contributed by atoms with Crippen LogP contribution < -0.4 is 0 Å². The Hall–Kier alpha value is -1.06. The van der Waals surface area contributed by atoms with Gasteiger partial charge in [-0.3, -0.25) is 9.59 Å². The van der Waals surface area contributed by atoms with Crippen molar-refractivity contribution in [1.82, 2.24) is 4.90 Å². The Bertz CT molecular complexity index is 557. The molecular formula is C16H19Cl2NO2. The van der Waals surface area contributed by atoms with Crippen molar-refractivity contribution >= 4 is 34.9 Å². The van der Waals surface area contributed by atoms with Crippen molar-refractivity contribution in [2.45, 2.75) is 39.2 Å². The van der Waals surface area contributed by atoms with Gasteiger partial charge in [-0.25, -0.2) is 0 Å². The predicted octanol–water partition coefficient (Wildman–Crippen LogP) is 3.75. The van der Waals surface area contributed by atoms with Crippen LogP contribution >= 0.6 is 23.2 Å². The number of amides is 1. The number of carbonyl (C=O) groups excluding carboxylic acids is 2. The number of hydrogen-bond acceptors (Lipinski definition) is 2. The van der Waals surface area contributed by atoms with Gasteiger partial charge in [0.2, 0.25) is 5.91 Å². The summed E-state index contributed by atoms with van der Waals surface area (Å²) in [5.74, 6) is 0.0184. The highest BCUT2D eigenvalue weighted by molar-refractivity contribution is 6.35. The average Bonchev–Trinajstić information content (AvgIpc) is 2.83. The molecule has 1 aliphatic rings. The molecule has 0 radical (unpaired) electrons. The van der Waals surface area contributed by atoms with Crippen molar-refractivity contribution < 1.29 is 9.59 Å². The molecular weight excluding hydrogens is 309 g/mol. The van der Waals surface area contributed by atoms with E-state index < -0.39 is 6.04 Å². The number of Topliss-reactive ketones (excluding diaryl/α,β-unsaturated/α-hetero) is 1. The molecule has 3 nitrogen and oxygen atoms in total. The summed E-state index contributed by atoms with van der Waals surface area (Å²) in [7, 11) is 0. The van der Waals surface area contributed by atoms with Crippen molar-refractivity contribution in [3.63, 3.8) is 0 Å². The fourth-order valence-electron chi connectivity index (χ4n) is 2.64. The van der Waals surface area contributed by atoms with Crippen LogP contribution in [-0.4, -0.2) is 29.2 Å². The topological polar surface area (TPSA) is 37.4 Å². The van der Waals surface area contributed by atoms with Crippen molar-refractivity contribution in [1.29, 1.82) is 0 Å². The molecule has 1 aliphatic heterocycles. The van der Waals surface area contributed by atoms with Crippen molar-refractivity contribution in [2.75, 3.05) is 6.54 Å². The molecule has 114 valence electrons. The summed E-state index contributed by atoms with van der Waals surface area (Å²) in [5.41, 5.74) is 0.847. The van der Waals surface area contributed by atoms with E-state index in [1.165, 1.54) is 0 Å². The third kappa shape index (κ3) is 3.78. The maximum atomic E-state index is 12.5. The van der Waals surface area contributed by atoms with Crippen LogP contribution in [0.2, 0.25) is 10.0 Å². The van der Waals surface area contributed by atoms with E-state index in [1.807, 2.05) is 19.9 Å². The molecule has 21 heavy (non-hydrogen) atoms. The first kappa shape index (κ1) is 16.3. The van der Waals surface area contributed by atoms with Crippen molar-refractivity contribution in [3.8, 4) is 0 Å². The molecule has 1 aromatic rings. The number of likely N-dealkylation sites (tertiary alicyclic amines) is 1. The van der Waals surface area contributed by atoms with Gasteiger partial charge in [-0.1, -0.05) is 43.1 Å². The molecule has 0 saturated carbocycles. The maximum absolute atomic E-state index is 12.5. The van der Waals surface area contributed by atoms with E-state index in [-0.39, 0.29) is 17.6 Å². The Kier molecular flexibility index (Phi) is 5.28. The van der Waals surface area contributed by atoms with Crippen LogP contribution in [0.4, 0.5) is 0 Å². The van der Waals surface area contributed by atoms with Gasteiger partial charge in [0.15, 0.2) is 5.78 Å². The molecule has 1 saturated heterocycles. The van der Waals surface area contributed by atoms with Gasteiger partial charge in [0.1, 0.15) is 0 Å². The number of rotatable bonds is 5.